The Kier molecular flexibility index (Phi) is 3.08. The summed E-state index contributed by atoms with van der Waals surface area (Å²) in [5.74, 6) is 1.32. The van der Waals surface area contributed by atoms with Crippen molar-refractivity contribution in [2.24, 2.45) is 5.92 Å². The van der Waals surface area contributed by atoms with Crippen LogP contribution in [0.2, 0.25) is 0 Å². The smallest absolute Gasteiger partial charge is 0.162 e. The summed E-state index contributed by atoms with van der Waals surface area (Å²) in [4.78, 5) is 12.0. The van der Waals surface area contributed by atoms with E-state index in [-0.39, 0.29) is 17.6 Å². The predicted molar refractivity (Wildman–Crippen MR) is 67.6 cm³/mol. The van der Waals surface area contributed by atoms with Gasteiger partial charge in [-0.25, -0.2) is 0 Å². The van der Waals surface area contributed by atoms with E-state index in [1.807, 2.05) is 24.3 Å². The number of hydrogen-bond acceptors (Lipinski definition) is 3. The van der Waals surface area contributed by atoms with Crippen molar-refractivity contribution in [3.63, 3.8) is 0 Å². The molecular weight excluding hydrogens is 228 g/mol. The first-order valence-corrected chi connectivity index (χ1v) is 6.68. The van der Waals surface area contributed by atoms with Crippen molar-refractivity contribution in [1.82, 2.24) is 0 Å². The standard InChI is InChI=1S/C15H18O3/c16-13(15(17)10-5-6-10)9-11-7-8-18-14-4-2-1-3-12(11)14/h1-4,10-11,15,17H,5-9H2. The molecule has 0 spiro atoms. The van der Waals surface area contributed by atoms with Crippen molar-refractivity contribution in [3.8, 4) is 5.75 Å². The Hall–Kier alpha value is -1.35. The molecule has 2 unspecified atom stereocenters. The van der Waals surface area contributed by atoms with Crippen LogP contribution in [0.3, 0.4) is 0 Å². The van der Waals surface area contributed by atoms with Crippen molar-refractivity contribution < 1.29 is 14.6 Å². The van der Waals surface area contributed by atoms with E-state index in [1.54, 1.807) is 0 Å². The molecule has 1 fully saturated rings. The van der Waals surface area contributed by atoms with Gasteiger partial charge in [0.15, 0.2) is 5.78 Å². The third-order valence-corrected chi connectivity index (χ3v) is 3.93. The molecule has 1 aromatic carbocycles. The van der Waals surface area contributed by atoms with Gasteiger partial charge in [0.1, 0.15) is 11.9 Å². The number of ether oxygens (including phenoxy) is 1. The maximum Gasteiger partial charge on any atom is 0.162 e. The summed E-state index contributed by atoms with van der Waals surface area (Å²) >= 11 is 0. The lowest BCUT2D eigenvalue weighted by molar-refractivity contribution is -0.128. The molecule has 1 N–H and O–H groups in total. The van der Waals surface area contributed by atoms with Crippen LogP contribution < -0.4 is 4.74 Å². The summed E-state index contributed by atoms with van der Waals surface area (Å²) in [5, 5.41) is 9.86. The Bertz CT molecular complexity index is 451. The molecule has 0 amide bonds. The minimum Gasteiger partial charge on any atom is -0.493 e. The van der Waals surface area contributed by atoms with E-state index >= 15 is 0 Å². The number of rotatable bonds is 4. The number of fused-ring (bicyclic) bond motifs is 1. The Morgan fingerprint density at radius 3 is 2.89 bits per heavy atom. The van der Waals surface area contributed by atoms with Crippen molar-refractivity contribution in [1.29, 1.82) is 0 Å². The lowest BCUT2D eigenvalue weighted by Crippen LogP contribution is -2.26. The molecule has 3 heteroatoms. The normalized spacial score (nSPS) is 23.9. The molecule has 3 rings (SSSR count). The lowest BCUT2D eigenvalue weighted by Gasteiger charge is -2.26. The van der Waals surface area contributed by atoms with Crippen molar-refractivity contribution in [2.75, 3.05) is 6.61 Å². The maximum absolute atomic E-state index is 12.0. The number of aliphatic hydroxyl groups excluding tert-OH is 1. The van der Waals surface area contributed by atoms with E-state index < -0.39 is 6.10 Å². The highest BCUT2D eigenvalue weighted by atomic mass is 16.5. The number of hydrogen-bond donors (Lipinski definition) is 1. The molecule has 2 atom stereocenters. The molecule has 2 aliphatic rings. The topological polar surface area (TPSA) is 46.5 Å². The predicted octanol–water partition coefficient (Wildman–Crippen LogP) is 2.28. The SMILES string of the molecule is O=C(CC1CCOc2ccccc21)C(O)C1CC1. The second-order valence-corrected chi connectivity index (χ2v) is 5.32. The Morgan fingerprint density at radius 1 is 1.33 bits per heavy atom. The van der Waals surface area contributed by atoms with Gasteiger partial charge in [-0.05, 0) is 42.7 Å². The Morgan fingerprint density at radius 2 is 2.11 bits per heavy atom. The van der Waals surface area contributed by atoms with Gasteiger partial charge in [0.2, 0.25) is 0 Å². The number of benzene rings is 1. The summed E-state index contributed by atoms with van der Waals surface area (Å²) in [7, 11) is 0. The molecule has 1 saturated carbocycles. The molecule has 0 aromatic heterocycles. The van der Waals surface area contributed by atoms with Gasteiger partial charge in [-0.15, -0.1) is 0 Å². The second kappa shape index (κ2) is 4.73. The number of aliphatic hydroxyl groups is 1. The fourth-order valence-corrected chi connectivity index (χ4v) is 2.67. The second-order valence-electron chi connectivity index (χ2n) is 5.32. The highest BCUT2D eigenvalue weighted by molar-refractivity contribution is 5.84. The van der Waals surface area contributed by atoms with Gasteiger partial charge in [-0.1, -0.05) is 18.2 Å². The van der Waals surface area contributed by atoms with Crippen molar-refractivity contribution in [3.05, 3.63) is 29.8 Å². The number of para-hydroxylation sites is 1. The fourth-order valence-electron chi connectivity index (χ4n) is 2.67. The Balaban J connectivity index is 1.72. The number of ketones is 1. The van der Waals surface area contributed by atoms with Gasteiger partial charge in [0.25, 0.3) is 0 Å². The third-order valence-electron chi connectivity index (χ3n) is 3.93. The van der Waals surface area contributed by atoms with Gasteiger partial charge in [-0.2, -0.15) is 0 Å². The van der Waals surface area contributed by atoms with E-state index in [0.717, 1.165) is 30.6 Å². The minimum absolute atomic E-state index is 0.000738. The summed E-state index contributed by atoms with van der Waals surface area (Å²) < 4.78 is 5.58. The highest BCUT2D eigenvalue weighted by Crippen LogP contribution is 2.38. The molecule has 0 radical (unpaired) electrons. The van der Waals surface area contributed by atoms with Gasteiger partial charge < -0.3 is 9.84 Å². The molecule has 1 aliphatic heterocycles. The Labute approximate surface area is 107 Å². The van der Waals surface area contributed by atoms with Crippen LogP contribution in [0.4, 0.5) is 0 Å². The average Bonchev–Trinajstić information content (AvgIpc) is 3.22. The van der Waals surface area contributed by atoms with E-state index in [0.29, 0.717) is 13.0 Å². The van der Waals surface area contributed by atoms with Crippen molar-refractivity contribution >= 4 is 5.78 Å². The molecule has 3 nitrogen and oxygen atoms in total. The van der Waals surface area contributed by atoms with Crippen LogP contribution in [-0.4, -0.2) is 23.6 Å². The molecule has 18 heavy (non-hydrogen) atoms. The number of carbonyl (C=O) groups excluding carboxylic acids is 1. The van der Waals surface area contributed by atoms with Gasteiger partial charge in [0, 0.05) is 6.42 Å². The first-order valence-electron chi connectivity index (χ1n) is 6.68. The van der Waals surface area contributed by atoms with E-state index in [4.69, 9.17) is 4.74 Å². The zero-order valence-electron chi connectivity index (χ0n) is 10.3. The first-order chi connectivity index (χ1) is 8.75. The van der Waals surface area contributed by atoms with E-state index in [9.17, 15) is 9.90 Å². The molecule has 0 bridgehead atoms. The molecule has 1 aromatic rings. The minimum atomic E-state index is -0.736. The molecule has 1 heterocycles. The fraction of sp³-hybridized carbons (Fsp3) is 0.533. The van der Waals surface area contributed by atoms with Crippen LogP contribution in [0.25, 0.3) is 0 Å². The molecular formula is C15H18O3. The van der Waals surface area contributed by atoms with Gasteiger partial charge in [-0.3, -0.25) is 4.79 Å². The lowest BCUT2D eigenvalue weighted by atomic mass is 9.87. The summed E-state index contributed by atoms with van der Waals surface area (Å²) in [6.45, 7) is 0.661. The largest absolute Gasteiger partial charge is 0.493 e. The third kappa shape index (κ3) is 2.27. The van der Waals surface area contributed by atoms with Crippen molar-refractivity contribution in [2.45, 2.75) is 37.7 Å². The van der Waals surface area contributed by atoms with Gasteiger partial charge in [0.05, 0.1) is 6.61 Å². The van der Waals surface area contributed by atoms with Crippen LogP contribution in [-0.2, 0) is 4.79 Å². The summed E-state index contributed by atoms with van der Waals surface area (Å²) in [5.41, 5.74) is 1.11. The van der Waals surface area contributed by atoms with E-state index in [1.165, 1.54) is 0 Å². The van der Waals surface area contributed by atoms with Crippen LogP contribution >= 0.6 is 0 Å². The highest BCUT2D eigenvalue weighted by Gasteiger charge is 2.36. The van der Waals surface area contributed by atoms with Crippen LogP contribution in [0.5, 0.6) is 5.75 Å². The molecule has 96 valence electrons. The summed E-state index contributed by atoms with van der Waals surface area (Å²) in [6, 6.07) is 7.89. The zero-order chi connectivity index (χ0) is 12.5. The number of Topliss-reactive ketones (excluding diaryl/α,β-unsaturated/α-hetero) is 1. The van der Waals surface area contributed by atoms with Crippen LogP contribution in [0.1, 0.15) is 37.2 Å². The molecule has 1 aliphatic carbocycles. The van der Waals surface area contributed by atoms with Gasteiger partial charge >= 0.3 is 0 Å². The van der Waals surface area contributed by atoms with Crippen LogP contribution in [0.15, 0.2) is 24.3 Å². The summed E-state index contributed by atoms with van der Waals surface area (Å²) in [6.07, 6.45) is 2.56. The van der Waals surface area contributed by atoms with Crippen LogP contribution in [0, 0.1) is 5.92 Å². The monoisotopic (exact) mass is 246 g/mol. The number of carbonyl (C=O) groups is 1. The average molecular weight is 246 g/mol. The molecule has 0 saturated heterocycles. The van der Waals surface area contributed by atoms with E-state index in [2.05, 4.69) is 0 Å². The quantitative estimate of drug-likeness (QED) is 0.886. The first kappa shape index (κ1) is 11.7. The zero-order valence-corrected chi connectivity index (χ0v) is 10.3. The maximum atomic E-state index is 12.0.